The number of benzene rings is 3. The first kappa shape index (κ1) is 29.4. The second-order valence-electron chi connectivity index (χ2n) is 7.96. The summed E-state index contributed by atoms with van der Waals surface area (Å²) in [5, 5.41) is 11.5. The number of carbonyl (C=O) groups excluding carboxylic acids is 3. The Hall–Kier alpha value is -4.15. The van der Waals surface area contributed by atoms with Gasteiger partial charge in [-0.1, -0.05) is 47.5 Å². The van der Waals surface area contributed by atoms with E-state index in [4.69, 9.17) is 28.3 Å². The minimum absolute atomic E-state index is 0.0656. The van der Waals surface area contributed by atoms with E-state index in [-0.39, 0.29) is 50.8 Å². The molecule has 39 heavy (non-hydrogen) atoms. The van der Waals surface area contributed by atoms with Crippen molar-refractivity contribution in [1.29, 1.82) is 0 Å². The summed E-state index contributed by atoms with van der Waals surface area (Å²) in [7, 11) is 0. The number of halogens is 5. The smallest absolute Gasteiger partial charge is 0.481 e. The Morgan fingerprint density at radius 3 is 1.90 bits per heavy atom. The van der Waals surface area contributed by atoms with E-state index in [1.165, 1.54) is 54.6 Å². The summed E-state index contributed by atoms with van der Waals surface area (Å²) in [5.74, 6) is -3.47. The average Bonchev–Trinajstić information content (AvgIpc) is 2.85. The van der Waals surface area contributed by atoms with E-state index in [1.807, 2.05) is 0 Å². The Morgan fingerprint density at radius 1 is 0.821 bits per heavy atom. The summed E-state index contributed by atoms with van der Waals surface area (Å²) < 4.78 is 41.5. The summed E-state index contributed by atoms with van der Waals surface area (Å²) in [6.45, 7) is -0.0919. The summed E-state index contributed by atoms with van der Waals surface area (Å²) in [6, 6.07) is 13.8. The highest BCUT2D eigenvalue weighted by Crippen LogP contribution is 2.28. The van der Waals surface area contributed by atoms with Crippen molar-refractivity contribution in [2.75, 3.05) is 6.54 Å². The molecule has 0 aromatic heterocycles. The third kappa shape index (κ3) is 8.69. The van der Waals surface area contributed by atoms with Crippen LogP contribution < -0.4 is 10.1 Å². The number of rotatable bonds is 10. The largest absolute Gasteiger partial charge is 0.573 e. The van der Waals surface area contributed by atoms with Gasteiger partial charge in [-0.2, -0.15) is 0 Å². The van der Waals surface area contributed by atoms with E-state index >= 15 is 0 Å². The average molecular weight is 580 g/mol. The topological polar surface area (TPSA) is 110 Å². The van der Waals surface area contributed by atoms with E-state index in [0.29, 0.717) is 0 Å². The molecule has 0 bridgehead atoms. The van der Waals surface area contributed by atoms with Gasteiger partial charge in [-0.05, 0) is 54.1 Å². The quantitative estimate of drug-likeness (QED) is 0.217. The highest BCUT2D eigenvalue weighted by Gasteiger charge is 2.31. The van der Waals surface area contributed by atoms with Crippen LogP contribution in [0.4, 0.5) is 13.2 Å². The number of carboxylic acids is 1. The fourth-order valence-electron chi connectivity index (χ4n) is 3.34. The van der Waals surface area contributed by atoms with Crippen molar-refractivity contribution in [1.82, 2.24) is 5.32 Å². The van der Waals surface area contributed by atoms with Crippen LogP contribution in [0.25, 0.3) is 5.57 Å². The number of allylic oxidation sites excluding steroid dienone is 2. The van der Waals surface area contributed by atoms with Crippen LogP contribution >= 0.6 is 23.2 Å². The van der Waals surface area contributed by atoms with Crippen molar-refractivity contribution >= 4 is 52.2 Å². The van der Waals surface area contributed by atoms with E-state index in [1.54, 1.807) is 0 Å². The van der Waals surface area contributed by atoms with Crippen LogP contribution in [0.2, 0.25) is 10.0 Å². The lowest BCUT2D eigenvalue weighted by Gasteiger charge is -2.11. The third-order valence-corrected chi connectivity index (χ3v) is 5.54. The Balaban J connectivity index is 1.95. The van der Waals surface area contributed by atoms with Crippen molar-refractivity contribution in [2.45, 2.75) is 12.8 Å². The Bertz CT molecular complexity index is 1420. The number of alkyl halides is 3. The molecule has 202 valence electrons. The van der Waals surface area contributed by atoms with Crippen LogP contribution in [0.15, 0.2) is 72.8 Å². The van der Waals surface area contributed by atoms with Gasteiger partial charge in [-0.25, -0.2) is 0 Å². The summed E-state index contributed by atoms with van der Waals surface area (Å²) in [4.78, 5) is 49.2. The number of ketones is 2. The molecule has 0 saturated carbocycles. The maximum absolute atomic E-state index is 13.4. The number of carbonyl (C=O) groups is 4. The first-order valence-corrected chi connectivity index (χ1v) is 11.8. The number of carboxylic acid groups (broad SMARTS) is 1. The molecule has 0 aliphatic rings. The number of Topliss-reactive ketones (excluding diaryl/α,β-unsaturated/α-hetero) is 1. The molecule has 0 saturated heterocycles. The molecule has 0 aliphatic carbocycles. The number of nitrogens with one attached hydrogen (secondary N) is 1. The predicted octanol–water partition coefficient (Wildman–Crippen LogP) is 6.25. The van der Waals surface area contributed by atoms with Gasteiger partial charge in [0.1, 0.15) is 5.75 Å². The number of aliphatic carboxylic acids is 1. The maximum atomic E-state index is 13.4. The molecule has 0 radical (unpaired) electrons. The molecule has 2 N–H and O–H groups in total. The van der Waals surface area contributed by atoms with Crippen LogP contribution in [0, 0.1) is 0 Å². The Morgan fingerprint density at radius 2 is 1.36 bits per heavy atom. The predicted molar refractivity (Wildman–Crippen MR) is 137 cm³/mol. The van der Waals surface area contributed by atoms with Gasteiger partial charge >= 0.3 is 12.3 Å². The summed E-state index contributed by atoms with van der Waals surface area (Å²) >= 11 is 11.9. The fourth-order valence-corrected chi connectivity index (χ4v) is 3.87. The SMILES string of the molecule is O=C(O)CCNC(=O)c1ccc(C(=O)C(=CC(=O)c2cc(Cl)cc(Cl)c2)c2ccc(OC(F)(F)F)cc2)cc1. The maximum Gasteiger partial charge on any atom is 0.573 e. The fraction of sp³-hybridized carbons (Fsp3) is 0.111. The molecule has 0 aliphatic heterocycles. The molecule has 0 unspecified atom stereocenters. The van der Waals surface area contributed by atoms with Crippen LogP contribution in [0.5, 0.6) is 5.75 Å². The van der Waals surface area contributed by atoms with E-state index < -0.39 is 35.6 Å². The van der Waals surface area contributed by atoms with Gasteiger partial charge < -0.3 is 15.2 Å². The lowest BCUT2D eigenvalue weighted by Crippen LogP contribution is -2.26. The first-order chi connectivity index (χ1) is 18.3. The van der Waals surface area contributed by atoms with Crippen LogP contribution in [-0.4, -0.2) is 41.5 Å². The molecule has 7 nitrogen and oxygen atoms in total. The number of ether oxygens (including phenoxy) is 1. The van der Waals surface area contributed by atoms with Gasteiger partial charge in [0.25, 0.3) is 5.91 Å². The van der Waals surface area contributed by atoms with Crippen molar-refractivity contribution < 1.29 is 42.2 Å². The zero-order valence-corrected chi connectivity index (χ0v) is 21.2. The van der Waals surface area contributed by atoms with Crippen LogP contribution in [0.3, 0.4) is 0 Å². The molecule has 0 heterocycles. The zero-order valence-electron chi connectivity index (χ0n) is 19.7. The molecule has 0 atom stereocenters. The van der Waals surface area contributed by atoms with Gasteiger partial charge in [-0.3, -0.25) is 19.2 Å². The van der Waals surface area contributed by atoms with Gasteiger partial charge in [0.2, 0.25) is 0 Å². The second-order valence-corrected chi connectivity index (χ2v) is 8.83. The van der Waals surface area contributed by atoms with Crippen molar-refractivity contribution in [3.63, 3.8) is 0 Å². The second kappa shape index (κ2) is 12.6. The Labute approximate surface area is 229 Å². The molecular formula is C27H18Cl2F3NO6. The number of hydrogen-bond acceptors (Lipinski definition) is 5. The van der Waals surface area contributed by atoms with Gasteiger partial charge in [0, 0.05) is 38.9 Å². The van der Waals surface area contributed by atoms with E-state index in [0.717, 1.165) is 18.2 Å². The summed E-state index contributed by atoms with van der Waals surface area (Å²) in [5.41, 5.74) is 0.250. The number of hydrogen-bond donors (Lipinski definition) is 2. The van der Waals surface area contributed by atoms with E-state index in [9.17, 15) is 32.3 Å². The number of amides is 1. The molecule has 3 aromatic rings. The monoisotopic (exact) mass is 579 g/mol. The van der Waals surface area contributed by atoms with Gasteiger partial charge in [-0.15, -0.1) is 13.2 Å². The van der Waals surface area contributed by atoms with Gasteiger partial charge in [0.15, 0.2) is 11.6 Å². The Kier molecular flexibility index (Phi) is 9.50. The van der Waals surface area contributed by atoms with E-state index in [2.05, 4.69) is 10.1 Å². The lowest BCUT2D eigenvalue weighted by molar-refractivity contribution is -0.274. The van der Waals surface area contributed by atoms with Crippen molar-refractivity contribution in [2.24, 2.45) is 0 Å². The highest BCUT2D eigenvalue weighted by atomic mass is 35.5. The first-order valence-electron chi connectivity index (χ1n) is 11.1. The van der Waals surface area contributed by atoms with Crippen LogP contribution in [0.1, 0.15) is 43.1 Å². The molecule has 12 heteroatoms. The summed E-state index contributed by atoms with van der Waals surface area (Å²) in [6.07, 6.45) is -4.18. The normalized spacial score (nSPS) is 11.6. The lowest BCUT2D eigenvalue weighted by atomic mass is 9.94. The third-order valence-electron chi connectivity index (χ3n) is 5.10. The zero-order chi connectivity index (χ0) is 28.7. The van der Waals surface area contributed by atoms with Crippen molar-refractivity contribution in [3.8, 4) is 5.75 Å². The minimum atomic E-state index is -4.92. The molecule has 0 spiro atoms. The molecular weight excluding hydrogens is 562 g/mol. The van der Waals surface area contributed by atoms with Gasteiger partial charge in [0.05, 0.1) is 6.42 Å². The molecule has 3 rings (SSSR count). The van der Waals surface area contributed by atoms with Crippen LogP contribution in [-0.2, 0) is 4.79 Å². The highest BCUT2D eigenvalue weighted by molar-refractivity contribution is 6.36. The standard InChI is InChI=1S/C27H18Cl2F3NO6/c28-19-11-18(12-20(29)13-19)23(34)14-22(15-5-7-21(8-6-15)39-27(30,31)32)25(37)16-1-3-17(4-2-16)26(38)33-10-9-24(35)36/h1-8,11-14H,9-10H2,(H,33,38)(H,35,36). The molecule has 0 fully saturated rings. The van der Waals surface area contributed by atoms with Crippen molar-refractivity contribution in [3.05, 3.63) is 105 Å². The minimum Gasteiger partial charge on any atom is -0.481 e. The molecule has 3 aromatic carbocycles. The molecule has 1 amide bonds.